The number of nitrogens with zero attached hydrogens (tertiary/aromatic N) is 4. The van der Waals surface area contributed by atoms with E-state index in [-0.39, 0.29) is 6.23 Å². The van der Waals surface area contributed by atoms with Gasteiger partial charge in [-0.1, -0.05) is 6.07 Å². The van der Waals surface area contributed by atoms with Crippen LogP contribution in [0.4, 0.5) is 0 Å². The second kappa shape index (κ2) is 6.32. The minimum absolute atomic E-state index is 0.0589. The molecule has 0 bridgehead atoms. The average molecular weight is 446 g/mol. The van der Waals surface area contributed by atoms with Gasteiger partial charge >= 0.3 is 0 Å². The maximum Gasteiger partial charge on any atom is 0.150 e. The fourth-order valence-electron chi connectivity index (χ4n) is 3.49. The van der Waals surface area contributed by atoms with Gasteiger partial charge in [0.25, 0.3) is 0 Å². The summed E-state index contributed by atoms with van der Waals surface area (Å²) in [5.41, 5.74) is 4.30. The first kappa shape index (κ1) is 15.7. The van der Waals surface area contributed by atoms with E-state index in [0.29, 0.717) is 5.92 Å². The molecule has 2 aliphatic rings. The van der Waals surface area contributed by atoms with Gasteiger partial charge in [-0.25, -0.2) is 9.67 Å². The first-order valence-corrected chi connectivity index (χ1v) is 9.99. The highest BCUT2D eigenvalue weighted by Gasteiger charge is 2.26. The summed E-state index contributed by atoms with van der Waals surface area (Å²) >= 11 is 2.31. The fraction of sp³-hybridized carbons (Fsp3) is 0.421. The lowest BCUT2D eigenvalue weighted by Gasteiger charge is -2.23. The van der Waals surface area contributed by atoms with E-state index >= 15 is 0 Å². The van der Waals surface area contributed by atoms with Gasteiger partial charge in [0.2, 0.25) is 0 Å². The molecule has 3 aromatic rings. The summed E-state index contributed by atoms with van der Waals surface area (Å²) < 4.78 is 8.98. The molecular weight excluding hydrogens is 427 g/mol. The van der Waals surface area contributed by atoms with E-state index in [1.165, 1.54) is 19.3 Å². The summed E-state index contributed by atoms with van der Waals surface area (Å²) in [4.78, 5) is 9.22. The summed E-state index contributed by atoms with van der Waals surface area (Å²) in [6, 6.07) is 6.45. The van der Waals surface area contributed by atoms with Gasteiger partial charge in [0.15, 0.2) is 6.23 Å². The Bertz CT molecular complexity index is 928. The summed E-state index contributed by atoms with van der Waals surface area (Å²) in [6.45, 7) is 0.824. The van der Waals surface area contributed by atoms with Crippen LogP contribution in [-0.2, 0) is 4.74 Å². The van der Waals surface area contributed by atoms with Crippen molar-refractivity contribution in [3.05, 3.63) is 40.0 Å². The molecule has 1 aromatic carbocycles. The molecule has 1 saturated heterocycles. The van der Waals surface area contributed by atoms with Crippen molar-refractivity contribution in [3.8, 4) is 11.3 Å². The Kier molecular flexibility index (Phi) is 3.97. The van der Waals surface area contributed by atoms with Gasteiger partial charge in [-0.3, -0.25) is 4.98 Å². The molecule has 1 atom stereocenters. The van der Waals surface area contributed by atoms with Crippen LogP contribution in [0.15, 0.2) is 30.6 Å². The van der Waals surface area contributed by atoms with Crippen molar-refractivity contribution in [3.63, 3.8) is 0 Å². The van der Waals surface area contributed by atoms with E-state index < -0.39 is 0 Å². The molecule has 1 aliphatic carbocycles. The molecule has 0 spiro atoms. The van der Waals surface area contributed by atoms with Gasteiger partial charge in [-0.05, 0) is 66.8 Å². The van der Waals surface area contributed by atoms with Gasteiger partial charge in [0.1, 0.15) is 3.70 Å². The monoisotopic (exact) mass is 446 g/mol. The highest BCUT2D eigenvalue weighted by atomic mass is 127. The molecule has 6 heteroatoms. The van der Waals surface area contributed by atoms with Crippen LogP contribution in [0.25, 0.3) is 22.2 Å². The number of hydrogen-bond acceptors (Lipinski definition) is 4. The van der Waals surface area contributed by atoms with Crippen molar-refractivity contribution in [1.82, 2.24) is 19.7 Å². The number of hydrogen-bond donors (Lipinski definition) is 0. The maximum absolute atomic E-state index is 5.92. The maximum atomic E-state index is 5.92. The normalized spacial score (nSPS) is 20.9. The number of fused-ring (bicyclic) bond motifs is 1. The van der Waals surface area contributed by atoms with Crippen LogP contribution < -0.4 is 0 Å². The molecule has 128 valence electrons. The van der Waals surface area contributed by atoms with Gasteiger partial charge in [-0.15, -0.1) is 0 Å². The second-order valence-corrected chi connectivity index (χ2v) is 7.91. The molecule has 1 saturated carbocycles. The van der Waals surface area contributed by atoms with E-state index in [9.17, 15) is 0 Å². The summed E-state index contributed by atoms with van der Waals surface area (Å²) in [6.07, 6.45) is 9.67. The molecule has 3 heterocycles. The average Bonchev–Trinajstić information content (AvgIpc) is 3.47. The third kappa shape index (κ3) is 2.95. The zero-order chi connectivity index (χ0) is 16.8. The quantitative estimate of drug-likeness (QED) is 0.549. The standard InChI is InChI=1S/C19H19IN4O/c20-19-14-9-13(16-11-21-10-15(22-16)12-4-5-12)6-7-17(14)24(23-19)18-3-1-2-8-25-18/h6-7,9-12,18H,1-5,8H2. The van der Waals surface area contributed by atoms with E-state index in [1.54, 1.807) is 0 Å². The lowest BCUT2D eigenvalue weighted by molar-refractivity contribution is -0.0368. The van der Waals surface area contributed by atoms with Crippen molar-refractivity contribution in [1.29, 1.82) is 0 Å². The Balaban J connectivity index is 1.55. The van der Waals surface area contributed by atoms with Crippen molar-refractivity contribution in [2.75, 3.05) is 6.61 Å². The minimum Gasteiger partial charge on any atom is -0.356 e. The Morgan fingerprint density at radius 3 is 2.84 bits per heavy atom. The number of rotatable bonds is 3. The lowest BCUT2D eigenvalue weighted by Crippen LogP contribution is -2.19. The van der Waals surface area contributed by atoms with Gasteiger partial charge in [-0.2, -0.15) is 5.10 Å². The van der Waals surface area contributed by atoms with Gasteiger partial charge < -0.3 is 4.74 Å². The third-order valence-corrected chi connectivity index (χ3v) is 5.83. The lowest BCUT2D eigenvalue weighted by atomic mass is 10.1. The molecule has 2 aromatic heterocycles. The summed E-state index contributed by atoms with van der Waals surface area (Å²) in [7, 11) is 0. The molecule has 5 rings (SSSR count). The second-order valence-electron chi connectivity index (χ2n) is 6.89. The molecule has 2 fully saturated rings. The predicted octanol–water partition coefficient (Wildman–Crippen LogP) is 4.67. The molecule has 0 N–H and O–H groups in total. The zero-order valence-electron chi connectivity index (χ0n) is 13.9. The van der Waals surface area contributed by atoms with Gasteiger partial charge in [0.05, 0.1) is 23.1 Å². The highest BCUT2D eigenvalue weighted by molar-refractivity contribution is 14.1. The van der Waals surface area contributed by atoms with Crippen LogP contribution >= 0.6 is 22.6 Å². The summed E-state index contributed by atoms with van der Waals surface area (Å²) in [5.74, 6) is 0.613. The molecule has 0 radical (unpaired) electrons. The molecule has 25 heavy (non-hydrogen) atoms. The fourth-order valence-corrected chi connectivity index (χ4v) is 4.16. The van der Waals surface area contributed by atoms with E-state index in [1.807, 2.05) is 17.1 Å². The smallest absolute Gasteiger partial charge is 0.150 e. The first-order valence-electron chi connectivity index (χ1n) is 8.91. The Morgan fingerprint density at radius 1 is 1.12 bits per heavy atom. The highest BCUT2D eigenvalue weighted by Crippen LogP contribution is 2.39. The molecule has 5 nitrogen and oxygen atoms in total. The Morgan fingerprint density at radius 2 is 2.04 bits per heavy atom. The van der Waals surface area contributed by atoms with Crippen LogP contribution in [0, 0.1) is 3.70 Å². The number of benzene rings is 1. The molecular formula is C19H19IN4O. The van der Waals surface area contributed by atoms with Crippen molar-refractivity contribution in [2.24, 2.45) is 0 Å². The largest absolute Gasteiger partial charge is 0.356 e. The van der Waals surface area contributed by atoms with Crippen LogP contribution in [0.1, 0.15) is 49.9 Å². The Labute approximate surface area is 159 Å². The predicted molar refractivity (Wildman–Crippen MR) is 104 cm³/mol. The van der Waals surface area contributed by atoms with E-state index in [0.717, 1.165) is 51.0 Å². The van der Waals surface area contributed by atoms with Gasteiger partial charge in [0, 0.05) is 29.7 Å². The van der Waals surface area contributed by atoms with Crippen LogP contribution in [0.5, 0.6) is 0 Å². The Hall–Kier alpha value is -1.54. The SMILES string of the molecule is Ic1nn(C2CCCCO2)c2ccc(-c3cncc(C4CC4)n3)cc12. The minimum atomic E-state index is 0.0589. The molecule has 0 amide bonds. The third-order valence-electron chi connectivity index (χ3n) is 5.03. The molecule has 1 aliphatic heterocycles. The van der Waals surface area contributed by atoms with Crippen LogP contribution in [0.3, 0.4) is 0 Å². The van der Waals surface area contributed by atoms with Crippen LogP contribution in [-0.4, -0.2) is 26.4 Å². The van der Waals surface area contributed by atoms with Crippen LogP contribution in [0.2, 0.25) is 0 Å². The van der Waals surface area contributed by atoms with Crippen molar-refractivity contribution < 1.29 is 4.74 Å². The van der Waals surface area contributed by atoms with Crippen molar-refractivity contribution >= 4 is 33.5 Å². The number of ether oxygens (including phenoxy) is 1. The number of aromatic nitrogens is 4. The zero-order valence-corrected chi connectivity index (χ0v) is 16.0. The van der Waals surface area contributed by atoms with E-state index in [2.05, 4.69) is 45.8 Å². The van der Waals surface area contributed by atoms with E-state index in [4.69, 9.17) is 14.8 Å². The molecule has 1 unspecified atom stereocenters. The van der Waals surface area contributed by atoms with Crippen molar-refractivity contribution in [2.45, 2.75) is 44.2 Å². The number of halogens is 1. The summed E-state index contributed by atoms with van der Waals surface area (Å²) in [5, 5.41) is 5.90. The topological polar surface area (TPSA) is 52.8 Å². The first-order chi connectivity index (χ1) is 12.3.